The number of benzene rings is 1. The summed E-state index contributed by atoms with van der Waals surface area (Å²) >= 11 is 6.41. The van der Waals surface area contributed by atoms with E-state index in [0.29, 0.717) is 41.1 Å². The van der Waals surface area contributed by atoms with E-state index in [-0.39, 0.29) is 11.7 Å². The number of carbonyl (C=O) groups is 1. The molecule has 1 aliphatic heterocycles. The van der Waals surface area contributed by atoms with Crippen LogP contribution in [-0.2, 0) is 4.79 Å². The molecule has 1 aromatic rings. The molecule has 0 bridgehead atoms. The fraction of sp³-hybridized carbons (Fsp3) is 0.286. The van der Waals surface area contributed by atoms with Gasteiger partial charge in [0.25, 0.3) is 0 Å². The summed E-state index contributed by atoms with van der Waals surface area (Å²) in [6.07, 6.45) is 5.61. The molecule has 27 heavy (non-hydrogen) atoms. The second-order valence-corrected chi connectivity index (χ2v) is 6.58. The van der Waals surface area contributed by atoms with Crippen molar-refractivity contribution in [3.63, 3.8) is 0 Å². The summed E-state index contributed by atoms with van der Waals surface area (Å²) in [4.78, 5) is 16.4. The normalized spacial score (nSPS) is 18.0. The summed E-state index contributed by atoms with van der Waals surface area (Å²) < 4.78 is 0. The van der Waals surface area contributed by atoms with Crippen LogP contribution < -0.4 is 11.1 Å². The van der Waals surface area contributed by atoms with Crippen LogP contribution in [0.4, 0.5) is 0 Å². The van der Waals surface area contributed by atoms with Gasteiger partial charge >= 0.3 is 0 Å². The molecule has 0 saturated heterocycles. The number of nitrogens with two attached hydrogens (primary N) is 1. The number of hydrogen-bond donors (Lipinski definition) is 2. The maximum absolute atomic E-state index is 12.0. The lowest BCUT2D eigenvalue weighted by Gasteiger charge is -2.26. The van der Waals surface area contributed by atoms with E-state index >= 15 is 0 Å². The first-order valence-electron chi connectivity index (χ1n) is 8.85. The maximum atomic E-state index is 12.0. The number of nitrogens with one attached hydrogen (secondary N) is 1. The van der Waals surface area contributed by atoms with Gasteiger partial charge in [0.2, 0.25) is 5.91 Å². The Labute approximate surface area is 164 Å². The van der Waals surface area contributed by atoms with Crippen molar-refractivity contribution in [1.29, 1.82) is 5.26 Å². The fourth-order valence-electron chi connectivity index (χ4n) is 2.95. The van der Waals surface area contributed by atoms with Crippen LogP contribution in [0.25, 0.3) is 0 Å². The first-order valence-corrected chi connectivity index (χ1v) is 9.23. The van der Waals surface area contributed by atoms with E-state index in [1.165, 1.54) is 6.20 Å². The van der Waals surface area contributed by atoms with Crippen LogP contribution in [0.2, 0.25) is 5.02 Å². The van der Waals surface area contributed by atoms with Gasteiger partial charge in [-0.15, -0.1) is 6.58 Å². The van der Waals surface area contributed by atoms with E-state index < -0.39 is 5.92 Å². The largest absolute Gasteiger partial charge is 0.383 e. The van der Waals surface area contributed by atoms with Crippen molar-refractivity contribution in [1.82, 2.24) is 5.32 Å². The highest BCUT2D eigenvalue weighted by atomic mass is 35.5. The highest BCUT2D eigenvalue weighted by Gasteiger charge is 2.31. The number of amides is 1. The number of carbonyl (C=O) groups excluding carboxylic acids is 1. The monoisotopic (exact) mass is 382 g/mol. The molecule has 0 spiro atoms. The Hall–Kier alpha value is -2.84. The molecule has 1 amide bonds. The number of nitriles is 1. The summed E-state index contributed by atoms with van der Waals surface area (Å²) in [6, 6.07) is 9.60. The second-order valence-electron chi connectivity index (χ2n) is 6.17. The van der Waals surface area contributed by atoms with Crippen LogP contribution in [0.15, 0.2) is 65.0 Å². The zero-order valence-corrected chi connectivity index (χ0v) is 16.1. The summed E-state index contributed by atoms with van der Waals surface area (Å²) in [5, 5.41) is 13.1. The SMILES string of the molecule is C=CCCC(=O)N/C=C1\C(N)=NC(CCC)=C(C#N)C1c1ccccc1Cl. The standard InChI is InChI=1S/C21H23ClN4O/c1-3-5-11-19(27)25-13-16-20(14-9-6-7-10-17(14)22)15(12-23)18(8-4-2)26-21(16)24/h3,6-7,9-10,13,20H,1,4-5,8,11H2,2H3,(H2,24,26)(H,25,27)/b16-13-. The molecule has 0 aromatic heterocycles. The zero-order chi connectivity index (χ0) is 19.8. The smallest absolute Gasteiger partial charge is 0.224 e. The fourth-order valence-corrected chi connectivity index (χ4v) is 3.19. The van der Waals surface area contributed by atoms with Crippen LogP contribution in [0.1, 0.15) is 44.1 Å². The third kappa shape index (κ3) is 4.87. The van der Waals surface area contributed by atoms with Gasteiger partial charge in [0.05, 0.1) is 23.3 Å². The minimum Gasteiger partial charge on any atom is -0.383 e. The van der Waals surface area contributed by atoms with Gasteiger partial charge in [-0.1, -0.05) is 49.2 Å². The summed E-state index contributed by atoms with van der Waals surface area (Å²) in [5.74, 6) is -0.344. The van der Waals surface area contributed by atoms with Crippen LogP contribution in [0.5, 0.6) is 0 Å². The molecule has 1 atom stereocenters. The molecule has 0 fully saturated rings. The molecule has 5 nitrogen and oxygen atoms in total. The highest BCUT2D eigenvalue weighted by Crippen LogP contribution is 2.40. The Morgan fingerprint density at radius 3 is 2.85 bits per heavy atom. The van der Waals surface area contributed by atoms with Gasteiger partial charge in [-0.05, 0) is 24.5 Å². The van der Waals surface area contributed by atoms with Crippen LogP contribution in [0.3, 0.4) is 0 Å². The maximum Gasteiger partial charge on any atom is 0.224 e. The van der Waals surface area contributed by atoms with Crippen LogP contribution >= 0.6 is 11.6 Å². The minimum atomic E-state index is -0.470. The number of rotatable bonds is 7. The molecule has 1 heterocycles. The molecule has 6 heteroatoms. The van der Waals surface area contributed by atoms with E-state index in [4.69, 9.17) is 17.3 Å². The van der Waals surface area contributed by atoms with Crippen molar-refractivity contribution in [3.05, 3.63) is 70.5 Å². The Kier molecular flexibility index (Phi) is 7.39. The molecule has 1 aromatic carbocycles. The first-order chi connectivity index (χ1) is 13.0. The third-order valence-corrected chi connectivity index (χ3v) is 4.59. The van der Waals surface area contributed by atoms with Crippen LogP contribution in [0, 0.1) is 11.3 Å². The Morgan fingerprint density at radius 1 is 1.48 bits per heavy atom. The van der Waals surface area contributed by atoms with Gasteiger partial charge in [-0.25, -0.2) is 4.99 Å². The van der Waals surface area contributed by atoms with Crippen molar-refractivity contribution in [2.24, 2.45) is 10.7 Å². The number of halogens is 1. The molecule has 0 saturated carbocycles. The Balaban J connectivity index is 2.52. The quantitative estimate of drug-likeness (QED) is 0.687. The third-order valence-electron chi connectivity index (χ3n) is 4.25. The van der Waals surface area contributed by atoms with Gasteiger partial charge in [0.1, 0.15) is 5.84 Å². The van der Waals surface area contributed by atoms with Gasteiger partial charge in [0, 0.05) is 23.2 Å². The number of nitrogens with zero attached hydrogens (tertiary/aromatic N) is 2. The first kappa shape index (κ1) is 20.5. The molecule has 3 N–H and O–H groups in total. The molecular weight excluding hydrogens is 360 g/mol. The lowest BCUT2D eigenvalue weighted by Crippen LogP contribution is -2.29. The lowest BCUT2D eigenvalue weighted by atomic mass is 9.81. The van der Waals surface area contributed by atoms with E-state index in [1.807, 2.05) is 25.1 Å². The van der Waals surface area contributed by atoms with Crippen LogP contribution in [-0.4, -0.2) is 11.7 Å². The number of aliphatic imine (C=N–C) groups is 1. The van der Waals surface area contributed by atoms with Gasteiger partial charge in [-0.2, -0.15) is 5.26 Å². The number of amidine groups is 1. The van der Waals surface area contributed by atoms with Gasteiger partial charge < -0.3 is 11.1 Å². The predicted octanol–water partition coefficient (Wildman–Crippen LogP) is 4.34. The summed E-state index contributed by atoms with van der Waals surface area (Å²) in [5.41, 5.74) is 8.70. The number of hydrogen-bond acceptors (Lipinski definition) is 4. The molecule has 1 aliphatic rings. The zero-order valence-electron chi connectivity index (χ0n) is 15.3. The highest BCUT2D eigenvalue weighted by molar-refractivity contribution is 6.31. The van der Waals surface area contributed by atoms with Crippen molar-refractivity contribution in [3.8, 4) is 6.07 Å². The molecule has 1 unspecified atom stereocenters. The van der Waals surface area contributed by atoms with Crippen molar-refractivity contribution in [2.45, 2.75) is 38.5 Å². The molecule has 0 radical (unpaired) electrons. The Morgan fingerprint density at radius 2 is 2.22 bits per heavy atom. The average molecular weight is 383 g/mol. The Bertz CT molecular complexity index is 861. The van der Waals surface area contributed by atoms with Crippen molar-refractivity contribution < 1.29 is 4.79 Å². The molecule has 2 rings (SSSR count). The van der Waals surface area contributed by atoms with E-state index in [1.54, 1.807) is 12.1 Å². The number of allylic oxidation sites excluding steroid dienone is 3. The lowest BCUT2D eigenvalue weighted by molar-refractivity contribution is -0.120. The van der Waals surface area contributed by atoms with Gasteiger partial charge in [-0.3, -0.25) is 4.79 Å². The van der Waals surface area contributed by atoms with E-state index in [2.05, 4.69) is 23.0 Å². The topological polar surface area (TPSA) is 91.3 Å². The van der Waals surface area contributed by atoms with Crippen molar-refractivity contribution >= 4 is 23.3 Å². The summed E-state index contributed by atoms with van der Waals surface area (Å²) in [7, 11) is 0. The minimum absolute atomic E-state index is 0.157. The van der Waals surface area contributed by atoms with E-state index in [0.717, 1.165) is 12.0 Å². The van der Waals surface area contributed by atoms with Crippen molar-refractivity contribution in [2.75, 3.05) is 0 Å². The average Bonchev–Trinajstić information content (AvgIpc) is 2.66. The van der Waals surface area contributed by atoms with Gasteiger partial charge in [0.15, 0.2) is 0 Å². The summed E-state index contributed by atoms with van der Waals surface area (Å²) in [6.45, 7) is 5.63. The molecule has 140 valence electrons. The molecular formula is C21H23ClN4O. The second kappa shape index (κ2) is 9.75. The molecule has 0 aliphatic carbocycles. The van der Waals surface area contributed by atoms with E-state index in [9.17, 15) is 10.1 Å². The predicted molar refractivity (Wildman–Crippen MR) is 109 cm³/mol.